The zero-order valence-electron chi connectivity index (χ0n) is 14.9. The second-order valence-corrected chi connectivity index (χ2v) is 6.55. The van der Waals surface area contributed by atoms with Crippen molar-refractivity contribution in [2.75, 3.05) is 26.9 Å². The van der Waals surface area contributed by atoms with Crippen molar-refractivity contribution in [2.24, 2.45) is 5.92 Å². The molecule has 0 spiro atoms. The minimum Gasteiger partial charge on any atom is -0.497 e. The zero-order valence-corrected chi connectivity index (χ0v) is 14.9. The average molecular weight is 339 g/mol. The highest BCUT2D eigenvalue weighted by molar-refractivity contribution is 5.94. The number of nitrogens with one attached hydrogen (secondary N) is 1. The topological polar surface area (TPSA) is 47.6 Å². The van der Waals surface area contributed by atoms with Gasteiger partial charge in [-0.3, -0.25) is 4.79 Å². The van der Waals surface area contributed by atoms with E-state index in [0.29, 0.717) is 18.0 Å². The summed E-state index contributed by atoms with van der Waals surface area (Å²) < 4.78 is 10.7. The fourth-order valence-corrected chi connectivity index (χ4v) is 3.20. The van der Waals surface area contributed by atoms with Gasteiger partial charge in [-0.05, 0) is 66.6 Å². The van der Waals surface area contributed by atoms with Crippen molar-refractivity contribution in [3.8, 4) is 16.9 Å². The lowest BCUT2D eigenvalue weighted by atomic mass is 9.99. The second kappa shape index (κ2) is 8.17. The summed E-state index contributed by atoms with van der Waals surface area (Å²) in [4.78, 5) is 12.3. The predicted octanol–water partition coefficient (Wildman–Crippen LogP) is 3.83. The molecule has 1 aliphatic rings. The number of rotatable bonds is 5. The average Bonchev–Trinajstić information content (AvgIpc) is 2.67. The molecule has 1 unspecified atom stereocenters. The van der Waals surface area contributed by atoms with E-state index in [4.69, 9.17) is 9.47 Å². The first-order valence-electron chi connectivity index (χ1n) is 8.78. The Labute approximate surface area is 149 Å². The summed E-state index contributed by atoms with van der Waals surface area (Å²) in [7, 11) is 1.67. The molecule has 1 N–H and O–H groups in total. The standard InChI is InChI=1S/C21H25NO3/c1-15-12-19(24-2)9-10-20(15)17-5-7-18(8-6-17)21(23)22-13-16-4-3-11-25-14-16/h5-10,12,16H,3-4,11,13-14H2,1-2H3,(H,22,23). The second-order valence-electron chi connectivity index (χ2n) is 6.55. The van der Waals surface area contributed by atoms with Crippen LogP contribution in [0, 0.1) is 12.8 Å². The SMILES string of the molecule is COc1ccc(-c2ccc(C(=O)NCC3CCCOC3)cc2)c(C)c1. The van der Waals surface area contributed by atoms with Crippen LogP contribution in [0.1, 0.15) is 28.8 Å². The molecule has 1 saturated heterocycles. The predicted molar refractivity (Wildman–Crippen MR) is 99.0 cm³/mol. The van der Waals surface area contributed by atoms with Crippen molar-refractivity contribution in [1.29, 1.82) is 0 Å². The molecule has 132 valence electrons. The highest BCUT2D eigenvalue weighted by Crippen LogP contribution is 2.27. The van der Waals surface area contributed by atoms with Gasteiger partial charge in [0.05, 0.1) is 13.7 Å². The van der Waals surface area contributed by atoms with Crippen LogP contribution < -0.4 is 10.1 Å². The number of amides is 1. The molecule has 0 saturated carbocycles. The van der Waals surface area contributed by atoms with E-state index in [0.717, 1.165) is 48.5 Å². The molecule has 1 fully saturated rings. The maximum atomic E-state index is 12.3. The minimum absolute atomic E-state index is 0.0245. The van der Waals surface area contributed by atoms with Gasteiger partial charge < -0.3 is 14.8 Å². The van der Waals surface area contributed by atoms with Crippen LogP contribution in [-0.2, 0) is 4.74 Å². The third kappa shape index (κ3) is 4.40. The Morgan fingerprint density at radius 2 is 2.04 bits per heavy atom. The minimum atomic E-state index is -0.0245. The van der Waals surface area contributed by atoms with E-state index in [1.807, 2.05) is 42.5 Å². The fraction of sp³-hybridized carbons (Fsp3) is 0.381. The molecular formula is C21H25NO3. The monoisotopic (exact) mass is 339 g/mol. The Bertz CT molecular complexity index is 718. The summed E-state index contributed by atoms with van der Waals surface area (Å²) in [6, 6.07) is 13.8. The highest BCUT2D eigenvalue weighted by Gasteiger charge is 2.15. The van der Waals surface area contributed by atoms with Gasteiger partial charge >= 0.3 is 0 Å². The van der Waals surface area contributed by atoms with Crippen LogP contribution in [0.5, 0.6) is 5.75 Å². The number of aryl methyl sites for hydroxylation is 1. The van der Waals surface area contributed by atoms with E-state index in [-0.39, 0.29) is 5.91 Å². The molecule has 1 aliphatic heterocycles. The molecule has 4 heteroatoms. The lowest BCUT2D eigenvalue weighted by Crippen LogP contribution is -2.33. The van der Waals surface area contributed by atoms with Crippen LogP contribution in [-0.4, -0.2) is 32.8 Å². The van der Waals surface area contributed by atoms with Crippen molar-refractivity contribution in [2.45, 2.75) is 19.8 Å². The highest BCUT2D eigenvalue weighted by atomic mass is 16.5. The van der Waals surface area contributed by atoms with Crippen LogP contribution in [0.4, 0.5) is 0 Å². The summed E-state index contributed by atoms with van der Waals surface area (Å²) in [5, 5.41) is 3.02. The molecule has 3 rings (SSSR count). The molecule has 1 heterocycles. The van der Waals surface area contributed by atoms with Gasteiger partial charge in [-0.2, -0.15) is 0 Å². The molecule has 4 nitrogen and oxygen atoms in total. The lowest BCUT2D eigenvalue weighted by molar-refractivity contribution is 0.0536. The normalized spacial score (nSPS) is 17.1. The first-order chi connectivity index (χ1) is 12.2. The molecule has 1 amide bonds. The summed E-state index contributed by atoms with van der Waals surface area (Å²) >= 11 is 0. The molecule has 0 aliphatic carbocycles. The lowest BCUT2D eigenvalue weighted by Gasteiger charge is -2.22. The largest absolute Gasteiger partial charge is 0.497 e. The number of hydrogen-bond acceptors (Lipinski definition) is 3. The molecule has 25 heavy (non-hydrogen) atoms. The van der Waals surface area contributed by atoms with Gasteiger partial charge in [-0.1, -0.05) is 18.2 Å². The van der Waals surface area contributed by atoms with Gasteiger partial charge in [-0.25, -0.2) is 0 Å². The number of carbonyl (C=O) groups is 1. The third-order valence-electron chi connectivity index (χ3n) is 4.70. The van der Waals surface area contributed by atoms with Crippen LogP contribution in [0.3, 0.4) is 0 Å². The summed E-state index contributed by atoms with van der Waals surface area (Å²) in [5.74, 6) is 1.26. The first kappa shape index (κ1) is 17.5. The summed E-state index contributed by atoms with van der Waals surface area (Å²) in [5.41, 5.74) is 4.07. The van der Waals surface area contributed by atoms with Crippen LogP contribution in [0.2, 0.25) is 0 Å². The Kier molecular flexibility index (Phi) is 5.71. The van der Waals surface area contributed by atoms with Crippen molar-refractivity contribution in [3.05, 3.63) is 53.6 Å². The van der Waals surface area contributed by atoms with Crippen molar-refractivity contribution < 1.29 is 14.3 Å². The number of benzene rings is 2. The fourth-order valence-electron chi connectivity index (χ4n) is 3.20. The van der Waals surface area contributed by atoms with Gasteiger partial charge in [-0.15, -0.1) is 0 Å². The van der Waals surface area contributed by atoms with Crippen molar-refractivity contribution in [3.63, 3.8) is 0 Å². The van der Waals surface area contributed by atoms with Crippen LogP contribution in [0.15, 0.2) is 42.5 Å². The first-order valence-corrected chi connectivity index (χ1v) is 8.78. The molecule has 0 bridgehead atoms. The third-order valence-corrected chi connectivity index (χ3v) is 4.70. The van der Waals surface area contributed by atoms with E-state index in [1.54, 1.807) is 7.11 Å². The molecule has 2 aromatic carbocycles. The molecule has 1 atom stereocenters. The quantitative estimate of drug-likeness (QED) is 0.901. The Morgan fingerprint density at radius 3 is 2.68 bits per heavy atom. The summed E-state index contributed by atoms with van der Waals surface area (Å²) in [6.07, 6.45) is 2.20. The van der Waals surface area contributed by atoms with E-state index in [1.165, 1.54) is 0 Å². The van der Waals surface area contributed by atoms with Gasteiger partial charge in [0.2, 0.25) is 0 Å². The Balaban J connectivity index is 1.64. The van der Waals surface area contributed by atoms with E-state index >= 15 is 0 Å². The van der Waals surface area contributed by atoms with Crippen molar-refractivity contribution >= 4 is 5.91 Å². The van der Waals surface area contributed by atoms with E-state index in [9.17, 15) is 4.79 Å². The van der Waals surface area contributed by atoms with Crippen LogP contribution >= 0.6 is 0 Å². The van der Waals surface area contributed by atoms with Gasteiger partial charge in [0.25, 0.3) is 5.91 Å². The van der Waals surface area contributed by atoms with E-state index in [2.05, 4.69) is 12.2 Å². The number of carbonyl (C=O) groups excluding carboxylic acids is 1. The van der Waals surface area contributed by atoms with Gasteiger partial charge in [0.15, 0.2) is 0 Å². The van der Waals surface area contributed by atoms with Crippen LogP contribution in [0.25, 0.3) is 11.1 Å². The Morgan fingerprint density at radius 1 is 1.24 bits per heavy atom. The smallest absolute Gasteiger partial charge is 0.251 e. The summed E-state index contributed by atoms with van der Waals surface area (Å²) in [6.45, 7) is 4.33. The van der Waals surface area contributed by atoms with Crippen molar-refractivity contribution in [1.82, 2.24) is 5.32 Å². The number of hydrogen-bond donors (Lipinski definition) is 1. The van der Waals surface area contributed by atoms with Gasteiger partial charge in [0.1, 0.15) is 5.75 Å². The van der Waals surface area contributed by atoms with Gasteiger partial charge in [0, 0.05) is 18.7 Å². The zero-order chi connectivity index (χ0) is 17.6. The van der Waals surface area contributed by atoms with E-state index < -0.39 is 0 Å². The number of ether oxygens (including phenoxy) is 2. The molecule has 0 radical (unpaired) electrons. The maximum Gasteiger partial charge on any atom is 0.251 e. The Hall–Kier alpha value is -2.33. The molecule has 0 aromatic heterocycles. The molecule has 2 aromatic rings. The maximum absolute atomic E-state index is 12.3. The molecular weight excluding hydrogens is 314 g/mol. The number of methoxy groups -OCH3 is 1.